The monoisotopic (exact) mass is 423 g/mol. The normalized spacial score (nSPS) is 14.8. The number of ether oxygens (including phenoxy) is 1. The average molecular weight is 424 g/mol. The van der Waals surface area contributed by atoms with Crippen LogP contribution in [0.25, 0.3) is 0 Å². The molecule has 166 valence electrons. The Bertz CT molecular complexity index is 878. The molecule has 1 aliphatic rings. The molecule has 1 amide bonds. The van der Waals surface area contributed by atoms with Gasteiger partial charge in [0.15, 0.2) is 5.96 Å². The average Bonchev–Trinajstić information content (AvgIpc) is 2.82. The Kier molecular flexibility index (Phi) is 8.87. The maximum Gasteiger partial charge on any atom is 0.251 e. The van der Waals surface area contributed by atoms with Crippen molar-refractivity contribution in [2.45, 2.75) is 19.5 Å². The van der Waals surface area contributed by atoms with Crippen LogP contribution in [0.4, 0.5) is 0 Å². The highest BCUT2D eigenvalue weighted by Crippen LogP contribution is 2.13. The largest absolute Gasteiger partial charge is 0.379 e. The minimum Gasteiger partial charge on any atom is -0.379 e. The molecule has 31 heavy (non-hydrogen) atoms. The van der Waals surface area contributed by atoms with E-state index in [9.17, 15) is 4.79 Å². The second-order valence-corrected chi connectivity index (χ2v) is 7.54. The molecule has 3 rings (SSSR count). The first-order chi connectivity index (χ1) is 15.2. The summed E-state index contributed by atoms with van der Waals surface area (Å²) in [4.78, 5) is 18.6. The number of morpholine rings is 1. The molecule has 7 heteroatoms. The van der Waals surface area contributed by atoms with E-state index in [1.165, 1.54) is 11.1 Å². The van der Waals surface area contributed by atoms with Crippen LogP contribution in [0.15, 0.2) is 53.5 Å². The Morgan fingerprint density at radius 1 is 1.06 bits per heavy atom. The molecule has 0 radical (unpaired) electrons. The van der Waals surface area contributed by atoms with Gasteiger partial charge in [0.1, 0.15) is 0 Å². The number of nitrogens with zero attached hydrogens (tertiary/aromatic N) is 2. The molecule has 0 unspecified atom stereocenters. The predicted octanol–water partition coefficient (Wildman–Crippen LogP) is 1.79. The van der Waals surface area contributed by atoms with Crippen molar-refractivity contribution in [3.63, 3.8) is 0 Å². The summed E-state index contributed by atoms with van der Waals surface area (Å²) in [5.41, 5.74) is 4.40. The Morgan fingerprint density at radius 2 is 1.84 bits per heavy atom. The topological polar surface area (TPSA) is 78.0 Å². The Morgan fingerprint density at radius 3 is 2.58 bits per heavy atom. The van der Waals surface area contributed by atoms with Crippen LogP contribution in [-0.4, -0.2) is 63.7 Å². The fourth-order valence-electron chi connectivity index (χ4n) is 3.62. The van der Waals surface area contributed by atoms with Crippen molar-refractivity contribution in [2.24, 2.45) is 4.99 Å². The van der Waals surface area contributed by atoms with Crippen molar-refractivity contribution >= 4 is 11.9 Å². The molecule has 0 atom stereocenters. The molecule has 2 aromatic carbocycles. The molecule has 1 heterocycles. The number of hydrogen-bond acceptors (Lipinski definition) is 4. The van der Waals surface area contributed by atoms with Gasteiger partial charge in [0.2, 0.25) is 0 Å². The summed E-state index contributed by atoms with van der Waals surface area (Å²) in [5, 5.41) is 9.44. The third-order valence-electron chi connectivity index (χ3n) is 5.41. The van der Waals surface area contributed by atoms with Gasteiger partial charge in [-0.05, 0) is 35.2 Å². The lowest BCUT2D eigenvalue weighted by Gasteiger charge is -2.27. The van der Waals surface area contributed by atoms with Crippen LogP contribution in [0, 0.1) is 0 Å². The molecule has 0 saturated carbocycles. The number of aliphatic imine (C=N–C) groups is 1. The first kappa shape index (κ1) is 22.8. The van der Waals surface area contributed by atoms with Gasteiger partial charge in [0, 0.05) is 52.4 Å². The van der Waals surface area contributed by atoms with Gasteiger partial charge in [-0.2, -0.15) is 0 Å². The van der Waals surface area contributed by atoms with E-state index >= 15 is 0 Å². The van der Waals surface area contributed by atoms with Gasteiger partial charge in [0.25, 0.3) is 5.91 Å². The SMILES string of the molecule is CN=C(NCCc1cccc(C(=O)NC)c1)NCc1ccccc1CN1CCOCC1. The summed E-state index contributed by atoms with van der Waals surface area (Å²) in [6.45, 7) is 5.96. The number of hydrogen-bond donors (Lipinski definition) is 3. The summed E-state index contributed by atoms with van der Waals surface area (Å²) >= 11 is 0. The second-order valence-electron chi connectivity index (χ2n) is 7.54. The first-order valence-corrected chi connectivity index (χ1v) is 10.8. The summed E-state index contributed by atoms with van der Waals surface area (Å²) < 4.78 is 5.46. The quantitative estimate of drug-likeness (QED) is 0.446. The van der Waals surface area contributed by atoms with Crippen LogP contribution >= 0.6 is 0 Å². The van der Waals surface area contributed by atoms with Crippen molar-refractivity contribution in [1.82, 2.24) is 20.9 Å². The zero-order valence-corrected chi connectivity index (χ0v) is 18.5. The number of guanidine groups is 1. The fraction of sp³-hybridized carbons (Fsp3) is 0.417. The Hall–Kier alpha value is -2.90. The molecule has 3 N–H and O–H groups in total. The molecule has 0 bridgehead atoms. The van der Waals surface area contributed by atoms with Gasteiger partial charge in [0.05, 0.1) is 13.2 Å². The van der Waals surface area contributed by atoms with E-state index in [1.807, 2.05) is 24.3 Å². The molecule has 1 aliphatic heterocycles. The molecular formula is C24H33N5O2. The second kappa shape index (κ2) is 12.1. The van der Waals surface area contributed by atoms with E-state index in [1.54, 1.807) is 14.1 Å². The van der Waals surface area contributed by atoms with Crippen LogP contribution in [0.1, 0.15) is 27.0 Å². The molecule has 2 aromatic rings. The number of nitrogens with one attached hydrogen (secondary N) is 3. The standard InChI is InChI=1S/C24H33N5O2/c1-25-23(30)20-9-5-6-19(16-20)10-11-27-24(26-2)28-17-21-7-3-4-8-22(21)18-29-12-14-31-15-13-29/h3-9,16H,10-15,17-18H2,1-2H3,(H,25,30)(H2,26,27,28). The molecular weight excluding hydrogens is 390 g/mol. The lowest BCUT2D eigenvalue weighted by molar-refractivity contribution is 0.0341. The van der Waals surface area contributed by atoms with Gasteiger partial charge in [-0.3, -0.25) is 14.7 Å². The zero-order valence-electron chi connectivity index (χ0n) is 18.5. The predicted molar refractivity (Wildman–Crippen MR) is 124 cm³/mol. The van der Waals surface area contributed by atoms with Gasteiger partial charge in [-0.1, -0.05) is 36.4 Å². The van der Waals surface area contributed by atoms with E-state index in [0.717, 1.165) is 57.3 Å². The van der Waals surface area contributed by atoms with E-state index in [0.29, 0.717) is 12.1 Å². The van der Waals surface area contributed by atoms with Crippen molar-refractivity contribution in [3.05, 3.63) is 70.8 Å². The number of carbonyl (C=O) groups excluding carboxylic acids is 1. The lowest BCUT2D eigenvalue weighted by Crippen LogP contribution is -2.38. The van der Waals surface area contributed by atoms with E-state index in [2.05, 4.69) is 50.1 Å². The van der Waals surface area contributed by atoms with Gasteiger partial charge in [-0.15, -0.1) is 0 Å². The minimum absolute atomic E-state index is 0.0666. The maximum absolute atomic E-state index is 11.8. The first-order valence-electron chi connectivity index (χ1n) is 10.8. The van der Waals surface area contributed by atoms with Gasteiger partial charge >= 0.3 is 0 Å². The third kappa shape index (κ3) is 7.08. The Labute approximate surface area is 184 Å². The molecule has 1 saturated heterocycles. The highest BCUT2D eigenvalue weighted by molar-refractivity contribution is 5.94. The summed E-state index contributed by atoms with van der Waals surface area (Å²) in [5.74, 6) is 0.701. The molecule has 0 spiro atoms. The molecule has 0 aliphatic carbocycles. The van der Waals surface area contributed by atoms with Crippen LogP contribution in [0.5, 0.6) is 0 Å². The summed E-state index contributed by atoms with van der Waals surface area (Å²) in [6, 6.07) is 16.2. The van der Waals surface area contributed by atoms with Crippen LogP contribution in [0.3, 0.4) is 0 Å². The fourth-order valence-corrected chi connectivity index (χ4v) is 3.62. The number of amides is 1. The van der Waals surface area contributed by atoms with E-state index in [4.69, 9.17) is 4.74 Å². The van der Waals surface area contributed by atoms with Gasteiger partial charge in [-0.25, -0.2) is 0 Å². The smallest absolute Gasteiger partial charge is 0.251 e. The number of benzene rings is 2. The molecule has 7 nitrogen and oxygen atoms in total. The van der Waals surface area contributed by atoms with Crippen molar-refractivity contribution in [2.75, 3.05) is 46.9 Å². The molecule has 1 fully saturated rings. The van der Waals surface area contributed by atoms with Crippen molar-refractivity contribution in [3.8, 4) is 0 Å². The van der Waals surface area contributed by atoms with Crippen molar-refractivity contribution < 1.29 is 9.53 Å². The highest BCUT2D eigenvalue weighted by atomic mass is 16.5. The van der Waals surface area contributed by atoms with E-state index < -0.39 is 0 Å². The van der Waals surface area contributed by atoms with Crippen LogP contribution in [0.2, 0.25) is 0 Å². The van der Waals surface area contributed by atoms with E-state index in [-0.39, 0.29) is 5.91 Å². The summed E-state index contributed by atoms with van der Waals surface area (Å²) in [6.07, 6.45) is 0.805. The Balaban J connectivity index is 1.49. The lowest BCUT2D eigenvalue weighted by atomic mass is 10.1. The highest BCUT2D eigenvalue weighted by Gasteiger charge is 2.13. The number of carbonyl (C=O) groups is 1. The minimum atomic E-state index is -0.0666. The number of rotatable bonds is 8. The van der Waals surface area contributed by atoms with Crippen molar-refractivity contribution in [1.29, 1.82) is 0 Å². The summed E-state index contributed by atoms with van der Waals surface area (Å²) in [7, 11) is 3.42. The maximum atomic E-state index is 11.8. The third-order valence-corrected chi connectivity index (χ3v) is 5.41. The van der Waals surface area contributed by atoms with Gasteiger partial charge < -0.3 is 20.7 Å². The van der Waals surface area contributed by atoms with Crippen LogP contribution in [-0.2, 0) is 24.2 Å². The van der Waals surface area contributed by atoms with Crippen LogP contribution < -0.4 is 16.0 Å². The molecule has 0 aromatic heterocycles. The zero-order chi connectivity index (χ0) is 21.9.